The largest absolute Gasteiger partial charge is 0.399 e. The molecule has 3 heteroatoms. The molecule has 0 heterocycles. The van der Waals surface area contributed by atoms with E-state index in [0.29, 0.717) is 0 Å². The highest BCUT2D eigenvalue weighted by atomic mass is 15.4. The number of benzene rings is 1. The van der Waals surface area contributed by atoms with Crippen LogP contribution in [0.15, 0.2) is 24.3 Å². The Morgan fingerprint density at radius 2 is 1.42 bits per heavy atom. The first-order valence-corrected chi connectivity index (χ1v) is 3.76. The maximum atomic E-state index is 5.43. The maximum Gasteiger partial charge on any atom is 0.0314 e. The molecule has 0 aliphatic heterocycles. The second-order valence-electron chi connectivity index (χ2n) is 2.87. The van der Waals surface area contributed by atoms with E-state index in [9.17, 15) is 0 Å². The van der Waals surface area contributed by atoms with Crippen LogP contribution in [0, 0.1) is 6.92 Å². The van der Waals surface area contributed by atoms with Crippen LogP contribution in [0.25, 0.3) is 0 Å². The van der Waals surface area contributed by atoms with E-state index in [0.717, 1.165) is 5.69 Å². The first-order chi connectivity index (χ1) is 5.52. The number of nitrogens with zero attached hydrogens (tertiary/aromatic N) is 1. The number of aryl methyl sites for hydroxylation is 1. The highest BCUT2D eigenvalue weighted by molar-refractivity contribution is 5.38. The number of hydrazine groups is 1. The summed E-state index contributed by atoms with van der Waals surface area (Å²) in [5.74, 6) is 4.94. The van der Waals surface area contributed by atoms with Crippen molar-refractivity contribution in [2.24, 2.45) is 5.84 Å². The Morgan fingerprint density at radius 3 is 1.67 bits per heavy atom. The SMILES string of the molecule is CN(C)N.Cc1ccc(N)cc1. The average Bonchev–Trinajstić information content (AvgIpc) is 1.94. The highest BCUT2D eigenvalue weighted by Crippen LogP contribution is 2.02. The normalized spacial score (nSPS) is 9.08. The quantitative estimate of drug-likeness (QED) is 0.344. The molecule has 0 radical (unpaired) electrons. The van der Waals surface area contributed by atoms with Crippen molar-refractivity contribution in [3.05, 3.63) is 29.8 Å². The molecule has 0 atom stereocenters. The van der Waals surface area contributed by atoms with Gasteiger partial charge in [-0.2, -0.15) is 0 Å². The van der Waals surface area contributed by atoms with Gasteiger partial charge in [0.25, 0.3) is 0 Å². The maximum absolute atomic E-state index is 5.43. The topological polar surface area (TPSA) is 55.3 Å². The van der Waals surface area contributed by atoms with Gasteiger partial charge in [-0.3, -0.25) is 10.9 Å². The molecular formula is C9H17N3. The number of anilines is 1. The Hall–Kier alpha value is -1.06. The Kier molecular flexibility index (Phi) is 5.08. The van der Waals surface area contributed by atoms with Gasteiger partial charge in [-0.25, -0.2) is 0 Å². The van der Waals surface area contributed by atoms with E-state index in [1.54, 1.807) is 14.1 Å². The van der Waals surface area contributed by atoms with Gasteiger partial charge in [-0.1, -0.05) is 17.7 Å². The molecule has 0 aliphatic carbocycles. The molecule has 0 unspecified atom stereocenters. The second kappa shape index (κ2) is 5.57. The summed E-state index contributed by atoms with van der Waals surface area (Å²) in [5.41, 5.74) is 7.51. The fraction of sp³-hybridized carbons (Fsp3) is 0.333. The van der Waals surface area contributed by atoms with Gasteiger partial charge < -0.3 is 5.73 Å². The number of hydrogen-bond acceptors (Lipinski definition) is 3. The predicted octanol–water partition coefficient (Wildman–Crippen LogP) is 0.999. The third-order valence-electron chi connectivity index (χ3n) is 1.08. The minimum Gasteiger partial charge on any atom is -0.399 e. The minimum absolute atomic E-state index is 0.829. The zero-order chi connectivity index (χ0) is 9.56. The van der Waals surface area contributed by atoms with Gasteiger partial charge in [0.1, 0.15) is 0 Å². The molecule has 68 valence electrons. The molecule has 3 nitrogen and oxygen atoms in total. The van der Waals surface area contributed by atoms with Crippen LogP contribution >= 0.6 is 0 Å². The van der Waals surface area contributed by atoms with E-state index >= 15 is 0 Å². The lowest BCUT2D eigenvalue weighted by Gasteiger charge is -1.91. The van der Waals surface area contributed by atoms with E-state index < -0.39 is 0 Å². The van der Waals surface area contributed by atoms with Crippen molar-refractivity contribution in [3.8, 4) is 0 Å². The summed E-state index contributed by atoms with van der Waals surface area (Å²) < 4.78 is 0. The van der Waals surface area contributed by atoms with Gasteiger partial charge in [-0.15, -0.1) is 0 Å². The van der Waals surface area contributed by atoms with Gasteiger partial charge in [0.15, 0.2) is 0 Å². The minimum atomic E-state index is 0.829. The number of rotatable bonds is 0. The molecule has 0 saturated carbocycles. The van der Waals surface area contributed by atoms with Crippen molar-refractivity contribution < 1.29 is 0 Å². The summed E-state index contributed by atoms with van der Waals surface area (Å²) in [6.45, 7) is 2.04. The summed E-state index contributed by atoms with van der Waals surface area (Å²) in [4.78, 5) is 0. The number of nitrogen functional groups attached to an aromatic ring is 1. The molecule has 0 spiro atoms. The van der Waals surface area contributed by atoms with Gasteiger partial charge >= 0.3 is 0 Å². The Bertz CT molecular complexity index is 180. The molecule has 12 heavy (non-hydrogen) atoms. The molecule has 4 N–H and O–H groups in total. The highest BCUT2D eigenvalue weighted by Gasteiger charge is 1.80. The molecule has 0 saturated heterocycles. The number of nitrogens with two attached hydrogens (primary N) is 2. The molecule has 1 aromatic carbocycles. The van der Waals surface area contributed by atoms with Crippen LogP contribution in [0.1, 0.15) is 5.56 Å². The van der Waals surface area contributed by atoms with E-state index in [-0.39, 0.29) is 0 Å². The predicted molar refractivity (Wildman–Crippen MR) is 53.5 cm³/mol. The molecule has 0 amide bonds. The average molecular weight is 167 g/mol. The third-order valence-corrected chi connectivity index (χ3v) is 1.08. The van der Waals surface area contributed by atoms with Crippen LogP contribution in [0.3, 0.4) is 0 Å². The molecule has 0 fully saturated rings. The lowest BCUT2D eigenvalue weighted by atomic mass is 10.2. The Balaban J connectivity index is 0.000000261. The van der Waals surface area contributed by atoms with Crippen LogP contribution in [0.4, 0.5) is 5.69 Å². The summed E-state index contributed by atoms with van der Waals surface area (Å²) in [6, 6.07) is 7.79. The van der Waals surface area contributed by atoms with E-state index in [2.05, 4.69) is 0 Å². The van der Waals surface area contributed by atoms with Crippen LogP contribution < -0.4 is 11.6 Å². The Labute approximate surface area is 73.9 Å². The zero-order valence-corrected chi connectivity index (χ0v) is 7.91. The van der Waals surface area contributed by atoms with E-state index in [1.807, 2.05) is 31.2 Å². The lowest BCUT2D eigenvalue weighted by molar-refractivity contribution is 0.432. The molecule has 0 aliphatic rings. The van der Waals surface area contributed by atoms with Crippen LogP contribution in [-0.2, 0) is 0 Å². The van der Waals surface area contributed by atoms with Gasteiger partial charge in [0.05, 0.1) is 0 Å². The molecular weight excluding hydrogens is 150 g/mol. The number of hydrogen-bond donors (Lipinski definition) is 2. The smallest absolute Gasteiger partial charge is 0.0314 e. The van der Waals surface area contributed by atoms with Crippen molar-refractivity contribution in [2.45, 2.75) is 6.92 Å². The van der Waals surface area contributed by atoms with E-state index in [1.165, 1.54) is 10.6 Å². The van der Waals surface area contributed by atoms with Crippen molar-refractivity contribution in [3.63, 3.8) is 0 Å². The molecule has 1 aromatic rings. The summed E-state index contributed by atoms with van der Waals surface area (Å²) in [5, 5.41) is 1.50. The molecule has 0 bridgehead atoms. The van der Waals surface area contributed by atoms with Crippen molar-refractivity contribution in [2.75, 3.05) is 19.8 Å². The molecule has 0 aromatic heterocycles. The second-order valence-corrected chi connectivity index (χ2v) is 2.87. The zero-order valence-electron chi connectivity index (χ0n) is 7.91. The van der Waals surface area contributed by atoms with Gasteiger partial charge in [0.2, 0.25) is 0 Å². The van der Waals surface area contributed by atoms with E-state index in [4.69, 9.17) is 11.6 Å². The van der Waals surface area contributed by atoms with Gasteiger partial charge in [-0.05, 0) is 19.1 Å². The first kappa shape index (κ1) is 10.9. The Morgan fingerprint density at radius 1 is 1.08 bits per heavy atom. The van der Waals surface area contributed by atoms with Crippen molar-refractivity contribution in [1.29, 1.82) is 0 Å². The lowest BCUT2D eigenvalue weighted by Crippen LogP contribution is -2.18. The van der Waals surface area contributed by atoms with Crippen LogP contribution in [0.5, 0.6) is 0 Å². The summed E-state index contributed by atoms with van der Waals surface area (Å²) >= 11 is 0. The summed E-state index contributed by atoms with van der Waals surface area (Å²) in [6.07, 6.45) is 0. The molecule has 1 rings (SSSR count). The standard InChI is InChI=1S/C7H9N.C2H8N2/c1-6-2-4-7(8)5-3-6;1-4(2)3/h2-5H,8H2,1H3;3H2,1-2H3. The van der Waals surface area contributed by atoms with Crippen LogP contribution in [-0.4, -0.2) is 19.1 Å². The van der Waals surface area contributed by atoms with Crippen molar-refractivity contribution >= 4 is 5.69 Å². The van der Waals surface area contributed by atoms with Crippen molar-refractivity contribution in [1.82, 2.24) is 5.01 Å². The monoisotopic (exact) mass is 167 g/mol. The fourth-order valence-electron chi connectivity index (χ4n) is 0.566. The van der Waals surface area contributed by atoms with Gasteiger partial charge in [0, 0.05) is 19.8 Å². The first-order valence-electron chi connectivity index (χ1n) is 3.76. The van der Waals surface area contributed by atoms with Crippen LogP contribution in [0.2, 0.25) is 0 Å². The third kappa shape index (κ3) is 7.05. The summed E-state index contributed by atoms with van der Waals surface area (Å²) in [7, 11) is 3.56. The fourth-order valence-corrected chi connectivity index (χ4v) is 0.566.